The Bertz CT molecular complexity index is 452. The molecule has 1 heterocycles. The van der Waals surface area contributed by atoms with E-state index < -0.39 is 11.8 Å². The lowest BCUT2D eigenvalue weighted by Gasteiger charge is -2.26. The second-order valence-electron chi connectivity index (χ2n) is 4.56. The van der Waals surface area contributed by atoms with E-state index in [4.69, 9.17) is 20.3 Å². The van der Waals surface area contributed by atoms with Crippen LogP contribution in [0.25, 0.3) is 0 Å². The molecule has 2 rings (SSSR count). The first kappa shape index (κ1) is 12.9. The maximum Gasteiger partial charge on any atom is 0.308 e. The lowest BCUT2D eigenvalue weighted by Crippen LogP contribution is -2.36. The van der Waals surface area contributed by atoms with Crippen molar-refractivity contribution >= 4 is 11.7 Å². The van der Waals surface area contributed by atoms with Crippen molar-refractivity contribution in [3.8, 4) is 0 Å². The standard InChI is InChI=1S/C13H17NO4/c1-9-2-3-11(14)10(6-9)7-13(8-12(15)16)17-4-5-18-13/h2-3,6H,4-5,7-8,14H2,1H3,(H,15,16). The van der Waals surface area contributed by atoms with E-state index in [-0.39, 0.29) is 6.42 Å². The molecule has 0 saturated carbocycles. The van der Waals surface area contributed by atoms with Crippen LogP contribution in [0.4, 0.5) is 5.69 Å². The van der Waals surface area contributed by atoms with Gasteiger partial charge in [0.25, 0.3) is 0 Å². The third-order valence-electron chi connectivity index (χ3n) is 2.99. The summed E-state index contributed by atoms with van der Waals surface area (Å²) in [5, 5.41) is 8.95. The van der Waals surface area contributed by atoms with Gasteiger partial charge in [0.1, 0.15) is 0 Å². The van der Waals surface area contributed by atoms with Crippen molar-refractivity contribution in [1.29, 1.82) is 0 Å². The van der Waals surface area contributed by atoms with Gasteiger partial charge in [-0.05, 0) is 18.6 Å². The molecule has 1 aromatic rings. The van der Waals surface area contributed by atoms with Crippen molar-refractivity contribution < 1.29 is 19.4 Å². The zero-order chi connectivity index (χ0) is 13.2. The Morgan fingerprint density at radius 3 is 2.72 bits per heavy atom. The predicted octanol–water partition coefficient (Wildman–Crippen LogP) is 1.34. The summed E-state index contributed by atoms with van der Waals surface area (Å²) in [5.74, 6) is -2.02. The molecule has 1 aliphatic rings. The molecule has 0 spiro atoms. The highest BCUT2D eigenvalue weighted by atomic mass is 16.7. The van der Waals surface area contributed by atoms with Crippen LogP contribution in [0.3, 0.4) is 0 Å². The van der Waals surface area contributed by atoms with Gasteiger partial charge in [-0.3, -0.25) is 4.79 Å². The number of carboxylic acid groups (broad SMARTS) is 1. The van der Waals surface area contributed by atoms with E-state index >= 15 is 0 Å². The predicted molar refractivity (Wildman–Crippen MR) is 66.2 cm³/mol. The fourth-order valence-corrected chi connectivity index (χ4v) is 2.17. The summed E-state index contributed by atoms with van der Waals surface area (Å²) in [6.45, 7) is 2.79. The first-order valence-electron chi connectivity index (χ1n) is 5.85. The van der Waals surface area contributed by atoms with Gasteiger partial charge in [0.2, 0.25) is 0 Å². The third kappa shape index (κ3) is 2.80. The van der Waals surface area contributed by atoms with Crippen LogP contribution >= 0.6 is 0 Å². The minimum Gasteiger partial charge on any atom is -0.481 e. The lowest BCUT2D eigenvalue weighted by atomic mass is 9.99. The summed E-state index contributed by atoms with van der Waals surface area (Å²) in [4.78, 5) is 10.9. The van der Waals surface area contributed by atoms with Gasteiger partial charge in [-0.25, -0.2) is 0 Å². The van der Waals surface area contributed by atoms with Crippen LogP contribution in [0, 0.1) is 6.92 Å². The molecular formula is C13H17NO4. The second-order valence-corrected chi connectivity index (χ2v) is 4.56. The maximum atomic E-state index is 10.9. The Hall–Kier alpha value is -1.59. The van der Waals surface area contributed by atoms with Crippen molar-refractivity contribution in [2.24, 2.45) is 0 Å². The summed E-state index contributed by atoms with van der Waals surface area (Å²) in [7, 11) is 0. The monoisotopic (exact) mass is 251 g/mol. The van der Waals surface area contributed by atoms with Gasteiger partial charge in [-0.15, -0.1) is 0 Å². The lowest BCUT2D eigenvalue weighted by molar-refractivity contribution is -0.178. The Morgan fingerprint density at radius 1 is 1.44 bits per heavy atom. The van der Waals surface area contributed by atoms with E-state index in [0.717, 1.165) is 11.1 Å². The van der Waals surface area contributed by atoms with Crippen molar-refractivity contribution in [1.82, 2.24) is 0 Å². The number of aryl methyl sites for hydroxylation is 1. The molecule has 0 amide bonds. The third-order valence-corrected chi connectivity index (χ3v) is 2.99. The summed E-state index contributed by atoms with van der Waals surface area (Å²) < 4.78 is 11.0. The fourth-order valence-electron chi connectivity index (χ4n) is 2.17. The number of anilines is 1. The molecule has 0 radical (unpaired) electrons. The normalized spacial score (nSPS) is 17.8. The molecule has 3 N–H and O–H groups in total. The molecule has 1 aromatic carbocycles. The number of benzene rings is 1. The first-order valence-corrected chi connectivity index (χ1v) is 5.85. The molecule has 1 fully saturated rings. The molecule has 98 valence electrons. The number of nitrogen functional groups attached to an aromatic ring is 1. The van der Waals surface area contributed by atoms with Gasteiger partial charge >= 0.3 is 5.97 Å². The zero-order valence-electron chi connectivity index (χ0n) is 10.3. The largest absolute Gasteiger partial charge is 0.481 e. The molecule has 0 bridgehead atoms. The molecule has 0 atom stereocenters. The van der Waals surface area contributed by atoms with Gasteiger partial charge in [0, 0.05) is 12.1 Å². The van der Waals surface area contributed by atoms with Gasteiger partial charge in [0.05, 0.1) is 19.6 Å². The highest BCUT2D eigenvalue weighted by Gasteiger charge is 2.39. The number of rotatable bonds is 4. The van der Waals surface area contributed by atoms with Crippen LogP contribution in [0.1, 0.15) is 17.5 Å². The Morgan fingerprint density at radius 2 is 2.11 bits per heavy atom. The quantitative estimate of drug-likeness (QED) is 0.789. The summed E-state index contributed by atoms with van der Waals surface area (Å²) in [6.07, 6.45) is 0.174. The first-order chi connectivity index (χ1) is 8.51. The molecule has 1 saturated heterocycles. The number of hydrogen-bond acceptors (Lipinski definition) is 4. The molecule has 18 heavy (non-hydrogen) atoms. The molecule has 0 aromatic heterocycles. The van der Waals surface area contributed by atoms with Crippen molar-refractivity contribution in [3.05, 3.63) is 29.3 Å². The number of ether oxygens (including phenoxy) is 2. The number of nitrogens with two attached hydrogens (primary N) is 1. The van der Waals surface area contributed by atoms with Crippen molar-refractivity contribution in [3.63, 3.8) is 0 Å². The zero-order valence-corrected chi connectivity index (χ0v) is 10.3. The molecule has 5 nitrogen and oxygen atoms in total. The molecule has 0 aliphatic carbocycles. The van der Waals surface area contributed by atoms with Crippen molar-refractivity contribution in [2.45, 2.75) is 25.6 Å². The highest BCUT2D eigenvalue weighted by molar-refractivity contribution is 5.68. The summed E-state index contributed by atoms with van der Waals surface area (Å²) >= 11 is 0. The number of hydrogen-bond donors (Lipinski definition) is 2. The number of aliphatic carboxylic acids is 1. The van der Waals surface area contributed by atoms with Crippen LogP contribution in [0.2, 0.25) is 0 Å². The number of carbonyl (C=O) groups is 1. The number of carboxylic acids is 1. The van der Waals surface area contributed by atoms with E-state index in [0.29, 0.717) is 25.3 Å². The van der Waals surface area contributed by atoms with Gasteiger partial charge in [-0.1, -0.05) is 17.7 Å². The molecule has 5 heteroatoms. The topological polar surface area (TPSA) is 81.8 Å². The van der Waals surface area contributed by atoms with Crippen LogP contribution in [0.5, 0.6) is 0 Å². The molecule has 0 unspecified atom stereocenters. The van der Waals surface area contributed by atoms with E-state index in [9.17, 15) is 4.79 Å². The maximum absolute atomic E-state index is 10.9. The minimum absolute atomic E-state index is 0.180. The van der Waals surface area contributed by atoms with Crippen LogP contribution < -0.4 is 5.73 Å². The van der Waals surface area contributed by atoms with Crippen LogP contribution in [0.15, 0.2) is 18.2 Å². The Labute approximate surface area is 106 Å². The highest BCUT2D eigenvalue weighted by Crippen LogP contribution is 2.30. The average Bonchev–Trinajstić information content (AvgIpc) is 2.71. The van der Waals surface area contributed by atoms with E-state index in [1.54, 1.807) is 0 Å². The summed E-state index contributed by atoms with van der Waals surface area (Å²) in [6, 6.07) is 5.66. The average molecular weight is 251 g/mol. The molecule has 1 aliphatic heterocycles. The second kappa shape index (κ2) is 4.96. The Kier molecular flexibility index (Phi) is 3.54. The SMILES string of the molecule is Cc1ccc(N)c(CC2(CC(=O)O)OCCO2)c1. The molecular weight excluding hydrogens is 234 g/mol. The van der Waals surface area contributed by atoms with Gasteiger partial charge in [-0.2, -0.15) is 0 Å². The van der Waals surface area contributed by atoms with Gasteiger partial charge < -0.3 is 20.3 Å². The van der Waals surface area contributed by atoms with E-state index in [2.05, 4.69) is 0 Å². The van der Waals surface area contributed by atoms with Crippen LogP contribution in [-0.2, 0) is 20.7 Å². The van der Waals surface area contributed by atoms with E-state index in [1.165, 1.54) is 0 Å². The van der Waals surface area contributed by atoms with Crippen LogP contribution in [-0.4, -0.2) is 30.1 Å². The van der Waals surface area contributed by atoms with Crippen molar-refractivity contribution in [2.75, 3.05) is 18.9 Å². The smallest absolute Gasteiger partial charge is 0.308 e. The van der Waals surface area contributed by atoms with Gasteiger partial charge in [0.15, 0.2) is 5.79 Å². The summed E-state index contributed by atoms with van der Waals surface area (Å²) in [5.41, 5.74) is 8.46. The van der Waals surface area contributed by atoms with E-state index in [1.807, 2.05) is 25.1 Å². The minimum atomic E-state index is -1.08. The Balaban J connectivity index is 2.23. The fraction of sp³-hybridized carbons (Fsp3) is 0.462.